The largest absolute Gasteiger partial charge is 0.368 e. The molecule has 4 nitrogen and oxygen atoms in total. The van der Waals surface area contributed by atoms with Crippen molar-refractivity contribution >= 4 is 23.1 Å². The summed E-state index contributed by atoms with van der Waals surface area (Å²) in [6.45, 7) is 2.19. The minimum Gasteiger partial charge on any atom is -0.368 e. The Morgan fingerprint density at radius 2 is 2.26 bits per heavy atom. The smallest absolute Gasteiger partial charge is 0.252 e. The molecule has 122 valence electrons. The lowest BCUT2D eigenvalue weighted by Crippen LogP contribution is -2.43. The highest BCUT2D eigenvalue weighted by molar-refractivity contribution is 6.29. The van der Waals surface area contributed by atoms with Gasteiger partial charge in [-0.15, -0.1) is 0 Å². The van der Waals surface area contributed by atoms with Crippen LogP contribution in [0.25, 0.3) is 5.57 Å². The van der Waals surface area contributed by atoms with Gasteiger partial charge in [0.15, 0.2) is 0 Å². The van der Waals surface area contributed by atoms with Crippen LogP contribution >= 0.6 is 11.6 Å². The number of ether oxygens (including phenoxy) is 1. The highest BCUT2D eigenvalue weighted by Crippen LogP contribution is 2.41. The molecule has 0 spiro atoms. The highest BCUT2D eigenvalue weighted by Gasteiger charge is 2.45. The molecule has 1 saturated heterocycles. The van der Waals surface area contributed by atoms with Gasteiger partial charge in [0.2, 0.25) is 0 Å². The van der Waals surface area contributed by atoms with E-state index in [1.54, 1.807) is 6.20 Å². The molecule has 4 rings (SSSR count). The van der Waals surface area contributed by atoms with E-state index in [2.05, 4.69) is 11.1 Å². The number of hydrogen-bond acceptors (Lipinski definition) is 3. The van der Waals surface area contributed by atoms with Crippen molar-refractivity contribution in [1.29, 1.82) is 0 Å². The second-order valence-electron chi connectivity index (χ2n) is 6.74. The number of halogens is 1. The zero-order valence-corrected chi connectivity index (χ0v) is 13.8. The predicted octanol–water partition coefficient (Wildman–Crippen LogP) is 3.17. The number of fused-ring (bicyclic) bond motifs is 1. The molecule has 1 aromatic rings. The summed E-state index contributed by atoms with van der Waals surface area (Å²) in [6, 6.07) is 3.80. The number of nitrogens with zero attached hydrogens (tertiary/aromatic N) is 2. The first kappa shape index (κ1) is 15.2. The zero-order valence-electron chi connectivity index (χ0n) is 13.1. The van der Waals surface area contributed by atoms with E-state index in [0.717, 1.165) is 31.6 Å². The van der Waals surface area contributed by atoms with Crippen LogP contribution in [0.3, 0.4) is 0 Å². The first-order valence-corrected chi connectivity index (χ1v) is 8.81. The molecule has 1 amide bonds. The number of carbonyl (C=O) groups is 1. The summed E-state index contributed by atoms with van der Waals surface area (Å²) in [7, 11) is 0. The fourth-order valence-corrected chi connectivity index (χ4v) is 4.27. The van der Waals surface area contributed by atoms with E-state index < -0.39 is 0 Å². The predicted molar refractivity (Wildman–Crippen MR) is 89.0 cm³/mol. The van der Waals surface area contributed by atoms with E-state index in [1.165, 1.54) is 18.4 Å². The van der Waals surface area contributed by atoms with Gasteiger partial charge >= 0.3 is 0 Å². The standard InChI is InChI=1S/C18H21ClN2O2/c19-16-5-4-13(10-20-16)12-6-8-21(9-7-12)18(22)17-15-3-1-2-14(15)11-23-17/h4-6,10,14-15,17H,1-3,7-9,11H2/t14-,15-,17+/m0/s1. The Morgan fingerprint density at radius 1 is 1.35 bits per heavy atom. The van der Waals surface area contributed by atoms with Crippen molar-refractivity contribution in [1.82, 2.24) is 9.88 Å². The average Bonchev–Trinajstić information content (AvgIpc) is 3.18. The maximum atomic E-state index is 12.8. The lowest BCUT2D eigenvalue weighted by atomic mass is 9.93. The van der Waals surface area contributed by atoms with E-state index in [1.807, 2.05) is 17.0 Å². The zero-order chi connectivity index (χ0) is 15.8. The Labute approximate surface area is 141 Å². The minimum atomic E-state index is -0.199. The minimum absolute atomic E-state index is 0.184. The van der Waals surface area contributed by atoms with Crippen LogP contribution in [0.5, 0.6) is 0 Å². The summed E-state index contributed by atoms with van der Waals surface area (Å²) in [6.07, 6.45) is 8.21. The Kier molecular flexibility index (Phi) is 4.12. The molecule has 3 heterocycles. The summed E-state index contributed by atoms with van der Waals surface area (Å²) < 4.78 is 5.82. The molecule has 3 atom stereocenters. The number of carbonyl (C=O) groups excluding carboxylic acids is 1. The van der Waals surface area contributed by atoms with Crippen LogP contribution in [0.4, 0.5) is 0 Å². The molecule has 3 aliphatic rings. The molecule has 1 aliphatic carbocycles. The van der Waals surface area contributed by atoms with Crippen molar-refractivity contribution in [2.24, 2.45) is 11.8 Å². The van der Waals surface area contributed by atoms with Crippen molar-refractivity contribution < 1.29 is 9.53 Å². The van der Waals surface area contributed by atoms with E-state index in [-0.39, 0.29) is 12.0 Å². The molecular formula is C18H21ClN2O2. The van der Waals surface area contributed by atoms with Crippen LogP contribution in [0, 0.1) is 11.8 Å². The van der Waals surface area contributed by atoms with Crippen LogP contribution in [0.15, 0.2) is 24.4 Å². The fourth-order valence-electron chi connectivity index (χ4n) is 4.15. The third-order valence-corrected chi connectivity index (χ3v) is 5.68. The number of amides is 1. The summed E-state index contributed by atoms with van der Waals surface area (Å²) in [5, 5.41) is 0.506. The number of pyridine rings is 1. The van der Waals surface area contributed by atoms with Crippen molar-refractivity contribution in [3.05, 3.63) is 35.1 Å². The molecule has 0 unspecified atom stereocenters. The molecule has 0 N–H and O–H groups in total. The first-order chi connectivity index (χ1) is 11.2. The Morgan fingerprint density at radius 3 is 3.00 bits per heavy atom. The highest BCUT2D eigenvalue weighted by atomic mass is 35.5. The molecular weight excluding hydrogens is 312 g/mol. The molecule has 1 aromatic heterocycles. The van der Waals surface area contributed by atoms with E-state index in [4.69, 9.17) is 16.3 Å². The number of rotatable bonds is 2. The SMILES string of the molecule is O=C([C@@H]1OC[C@@H]2CCC[C@@H]21)N1CC=C(c2ccc(Cl)nc2)CC1. The Hall–Kier alpha value is -1.39. The molecule has 2 fully saturated rings. The maximum absolute atomic E-state index is 12.8. The topological polar surface area (TPSA) is 42.4 Å². The van der Waals surface area contributed by atoms with Gasteiger partial charge in [-0.05, 0) is 48.3 Å². The van der Waals surface area contributed by atoms with Crippen LogP contribution in [0.1, 0.15) is 31.2 Å². The second-order valence-corrected chi connectivity index (χ2v) is 7.13. The lowest BCUT2D eigenvalue weighted by molar-refractivity contribution is -0.142. The molecule has 1 saturated carbocycles. The second kappa shape index (κ2) is 6.25. The van der Waals surface area contributed by atoms with Gasteiger partial charge in [0, 0.05) is 19.3 Å². The third kappa shape index (κ3) is 2.90. The van der Waals surface area contributed by atoms with E-state index >= 15 is 0 Å². The average molecular weight is 333 g/mol. The van der Waals surface area contributed by atoms with Crippen LogP contribution in [-0.2, 0) is 9.53 Å². The van der Waals surface area contributed by atoms with Gasteiger partial charge in [-0.1, -0.05) is 30.2 Å². The molecule has 23 heavy (non-hydrogen) atoms. The summed E-state index contributed by atoms with van der Waals surface area (Å²) in [5.41, 5.74) is 2.33. The fraction of sp³-hybridized carbons (Fsp3) is 0.556. The Bertz CT molecular complexity index is 628. The lowest BCUT2D eigenvalue weighted by Gasteiger charge is -2.30. The van der Waals surface area contributed by atoms with Gasteiger partial charge in [0.05, 0.1) is 6.61 Å². The first-order valence-electron chi connectivity index (χ1n) is 8.44. The van der Waals surface area contributed by atoms with Gasteiger partial charge in [-0.2, -0.15) is 0 Å². The number of aromatic nitrogens is 1. The molecule has 0 radical (unpaired) electrons. The molecule has 0 aromatic carbocycles. The molecule has 2 aliphatic heterocycles. The monoisotopic (exact) mass is 332 g/mol. The van der Waals surface area contributed by atoms with Gasteiger partial charge in [0.1, 0.15) is 11.3 Å². The van der Waals surface area contributed by atoms with E-state index in [9.17, 15) is 4.79 Å². The van der Waals surface area contributed by atoms with Gasteiger partial charge < -0.3 is 9.64 Å². The van der Waals surface area contributed by atoms with Crippen LogP contribution in [-0.4, -0.2) is 41.6 Å². The summed E-state index contributed by atoms with van der Waals surface area (Å²) in [5.74, 6) is 1.25. The third-order valence-electron chi connectivity index (χ3n) is 5.46. The van der Waals surface area contributed by atoms with Crippen LogP contribution < -0.4 is 0 Å². The van der Waals surface area contributed by atoms with Gasteiger partial charge in [-0.3, -0.25) is 4.79 Å². The van der Waals surface area contributed by atoms with Crippen molar-refractivity contribution in [2.45, 2.75) is 31.8 Å². The van der Waals surface area contributed by atoms with Gasteiger partial charge in [0.25, 0.3) is 5.91 Å². The summed E-state index contributed by atoms with van der Waals surface area (Å²) >= 11 is 5.83. The number of hydrogen-bond donors (Lipinski definition) is 0. The van der Waals surface area contributed by atoms with Crippen LogP contribution in [0.2, 0.25) is 5.15 Å². The van der Waals surface area contributed by atoms with Crippen molar-refractivity contribution in [2.75, 3.05) is 19.7 Å². The van der Waals surface area contributed by atoms with Crippen molar-refractivity contribution in [3.63, 3.8) is 0 Å². The molecule has 0 bridgehead atoms. The summed E-state index contributed by atoms with van der Waals surface area (Å²) in [4.78, 5) is 18.8. The van der Waals surface area contributed by atoms with Crippen molar-refractivity contribution in [3.8, 4) is 0 Å². The molecule has 5 heteroatoms. The van der Waals surface area contributed by atoms with Gasteiger partial charge in [-0.25, -0.2) is 4.98 Å². The van der Waals surface area contributed by atoms with E-state index in [0.29, 0.717) is 23.5 Å². The quantitative estimate of drug-likeness (QED) is 0.781. The Balaban J connectivity index is 1.42. The maximum Gasteiger partial charge on any atom is 0.252 e. The normalized spacial score (nSPS) is 30.2.